The minimum Gasteiger partial charge on any atom is -0.329 e. The minimum absolute atomic E-state index is 0.157. The summed E-state index contributed by atoms with van der Waals surface area (Å²) >= 11 is 3.50. The zero-order chi connectivity index (χ0) is 14.8. The van der Waals surface area contributed by atoms with Crippen LogP contribution in [0.1, 0.15) is 38.7 Å². The fourth-order valence-corrected chi connectivity index (χ4v) is 4.01. The third-order valence-electron chi connectivity index (χ3n) is 5.42. The molecular formula is C17H27BrN2. The van der Waals surface area contributed by atoms with Crippen LogP contribution in [-0.4, -0.2) is 24.0 Å². The molecule has 0 spiro atoms. The summed E-state index contributed by atoms with van der Waals surface area (Å²) in [7, 11) is 2.24. The first-order valence-corrected chi connectivity index (χ1v) is 8.44. The average molecular weight is 339 g/mol. The van der Waals surface area contributed by atoms with E-state index in [1.54, 1.807) is 0 Å². The summed E-state index contributed by atoms with van der Waals surface area (Å²) in [6.45, 7) is 6.49. The van der Waals surface area contributed by atoms with Crippen LogP contribution in [0, 0.1) is 11.8 Å². The summed E-state index contributed by atoms with van der Waals surface area (Å²) in [6, 6.07) is 8.62. The van der Waals surface area contributed by atoms with Crippen molar-refractivity contribution in [1.29, 1.82) is 0 Å². The second-order valence-electron chi connectivity index (χ2n) is 6.45. The lowest BCUT2D eigenvalue weighted by Crippen LogP contribution is -2.59. The van der Waals surface area contributed by atoms with Crippen molar-refractivity contribution in [3.63, 3.8) is 0 Å². The number of hydrogen-bond donors (Lipinski definition) is 1. The second-order valence-corrected chi connectivity index (χ2v) is 7.36. The number of nitrogens with zero attached hydrogens (tertiary/aromatic N) is 1. The molecule has 1 aromatic carbocycles. The lowest BCUT2D eigenvalue weighted by Gasteiger charge is -2.51. The molecule has 1 fully saturated rings. The molecule has 1 aliphatic rings. The zero-order valence-corrected chi connectivity index (χ0v) is 14.5. The molecule has 0 heterocycles. The molecule has 0 aliphatic heterocycles. The minimum atomic E-state index is 0.157. The average Bonchev–Trinajstić information content (AvgIpc) is 2.44. The Hall–Kier alpha value is -0.380. The molecule has 0 saturated heterocycles. The molecule has 20 heavy (non-hydrogen) atoms. The molecule has 3 unspecified atom stereocenters. The Kier molecular flexibility index (Phi) is 5.27. The maximum atomic E-state index is 6.22. The molecular weight excluding hydrogens is 312 g/mol. The van der Waals surface area contributed by atoms with Crippen LogP contribution >= 0.6 is 15.9 Å². The molecule has 112 valence electrons. The number of halogens is 1. The highest BCUT2D eigenvalue weighted by Gasteiger charge is 2.43. The van der Waals surface area contributed by atoms with Crippen LogP contribution in [0.2, 0.25) is 0 Å². The van der Waals surface area contributed by atoms with Crippen LogP contribution in [0.15, 0.2) is 28.7 Å². The van der Waals surface area contributed by atoms with E-state index in [-0.39, 0.29) is 5.54 Å². The number of likely N-dealkylation sites (N-methyl/N-ethyl adjacent to an activating group) is 1. The first-order valence-electron chi connectivity index (χ1n) is 7.65. The standard InChI is InChI=1S/C17H27BrN2/c1-13-5-4-10-17(12-19,14(13)2)20(3)11-15-6-8-16(18)9-7-15/h6-9,13-14H,4-5,10-12,19H2,1-3H3. The smallest absolute Gasteiger partial charge is 0.0360 e. The van der Waals surface area contributed by atoms with Crippen molar-refractivity contribution in [3.8, 4) is 0 Å². The van der Waals surface area contributed by atoms with Crippen LogP contribution in [0.25, 0.3) is 0 Å². The lowest BCUT2D eigenvalue weighted by molar-refractivity contribution is 0.00137. The summed E-state index contributed by atoms with van der Waals surface area (Å²) in [6.07, 6.45) is 3.87. The van der Waals surface area contributed by atoms with Gasteiger partial charge < -0.3 is 5.73 Å². The van der Waals surface area contributed by atoms with Gasteiger partial charge in [0, 0.05) is 23.1 Å². The normalized spacial score (nSPS) is 30.7. The molecule has 2 nitrogen and oxygen atoms in total. The van der Waals surface area contributed by atoms with Crippen molar-refractivity contribution in [3.05, 3.63) is 34.3 Å². The second kappa shape index (κ2) is 6.59. The van der Waals surface area contributed by atoms with Gasteiger partial charge in [-0.3, -0.25) is 4.90 Å². The van der Waals surface area contributed by atoms with Gasteiger partial charge >= 0.3 is 0 Å². The van der Waals surface area contributed by atoms with E-state index in [2.05, 4.69) is 66.0 Å². The Morgan fingerprint density at radius 2 is 1.95 bits per heavy atom. The molecule has 1 aromatic rings. The van der Waals surface area contributed by atoms with E-state index in [4.69, 9.17) is 5.73 Å². The van der Waals surface area contributed by atoms with Crippen LogP contribution in [-0.2, 0) is 6.54 Å². The quantitative estimate of drug-likeness (QED) is 0.897. The summed E-state index contributed by atoms with van der Waals surface area (Å²) in [5, 5.41) is 0. The summed E-state index contributed by atoms with van der Waals surface area (Å²) in [5.74, 6) is 1.42. The first kappa shape index (κ1) is 16.0. The largest absolute Gasteiger partial charge is 0.329 e. The van der Waals surface area contributed by atoms with Gasteiger partial charge in [-0.1, -0.05) is 54.8 Å². The van der Waals surface area contributed by atoms with Crippen molar-refractivity contribution in [1.82, 2.24) is 4.90 Å². The highest BCUT2D eigenvalue weighted by molar-refractivity contribution is 9.10. The lowest BCUT2D eigenvalue weighted by atomic mass is 9.67. The van der Waals surface area contributed by atoms with E-state index in [9.17, 15) is 0 Å². The Bertz CT molecular complexity index is 431. The Balaban J connectivity index is 2.15. The van der Waals surface area contributed by atoms with E-state index in [0.717, 1.165) is 23.5 Å². The maximum Gasteiger partial charge on any atom is 0.0360 e. The molecule has 1 saturated carbocycles. The van der Waals surface area contributed by atoms with Gasteiger partial charge in [0.1, 0.15) is 0 Å². The summed E-state index contributed by atoms with van der Waals surface area (Å²) < 4.78 is 1.14. The monoisotopic (exact) mass is 338 g/mol. The fraction of sp³-hybridized carbons (Fsp3) is 0.647. The number of nitrogens with two attached hydrogens (primary N) is 1. The molecule has 2 rings (SSSR count). The van der Waals surface area contributed by atoms with E-state index in [1.807, 2.05) is 0 Å². The topological polar surface area (TPSA) is 29.3 Å². The number of hydrogen-bond acceptors (Lipinski definition) is 2. The van der Waals surface area contributed by atoms with Gasteiger partial charge in [-0.05, 0) is 43.0 Å². The van der Waals surface area contributed by atoms with Gasteiger partial charge in [-0.15, -0.1) is 0 Å². The predicted octanol–water partition coefficient (Wildman–Crippen LogP) is 4.03. The van der Waals surface area contributed by atoms with Crippen LogP contribution in [0.5, 0.6) is 0 Å². The fourth-order valence-electron chi connectivity index (χ4n) is 3.74. The van der Waals surface area contributed by atoms with E-state index in [0.29, 0.717) is 5.92 Å². The van der Waals surface area contributed by atoms with Gasteiger partial charge in [0.25, 0.3) is 0 Å². The van der Waals surface area contributed by atoms with Crippen LogP contribution in [0.3, 0.4) is 0 Å². The molecule has 0 radical (unpaired) electrons. The van der Waals surface area contributed by atoms with Crippen molar-refractivity contribution in [2.45, 2.75) is 45.2 Å². The maximum absolute atomic E-state index is 6.22. The highest BCUT2D eigenvalue weighted by Crippen LogP contribution is 2.41. The molecule has 0 amide bonds. The first-order chi connectivity index (χ1) is 9.49. The molecule has 0 bridgehead atoms. The van der Waals surface area contributed by atoms with Crippen molar-refractivity contribution < 1.29 is 0 Å². The van der Waals surface area contributed by atoms with Crippen molar-refractivity contribution >= 4 is 15.9 Å². The summed E-state index contributed by atoms with van der Waals surface area (Å²) in [5.41, 5.74) is 7.73. The van der Waals surface area contributed by atoms with Gasteiger partial charge in [-0.2, -0.15) is 0 Å². The van der Waals surface area contributed by atoms with Gasteiger partial charge in [-0.25, -0.2) is 0 Å². The predicted molar refractivity (Wildman–Crippen MR) is 89.6 cm³/mol. The van der Waals surface area contributed by atoms with Crippen molar-refractivity contribution in [2.24, 2.45) is 17.6 Å². The number of rotatable bonds is 4. The van der Waals surface area contributed by atoms with Crippen LogP contribution in [0.4, 0.5) is 0 Å². The molecule has 1 aliphatic carbocycles. The Morgan fingerprint density at radius 3 is 2.55 bits per heavy atom. The summed E-state index contributed by atoms with van der Waals surface area (Å²) in [4.78, 5) is 2.50. The molecule has 3 atom stereocenters. The Morgan fingerprint density at radius 1 is 1.30 bits per heavy atom. The van der Waals surface area contributed by atoms with Crippen LogP contribution < -0.4 is 5.73 Å². The zero-order valence-electron chi connectivity index (χ0n) is 12.9. The molecule has 0 aromatic heterocycles. The van der Waals surface area contributed by atoms with Gasteiger partial charge in [0.05, 0.1) is 0 Å². The van der Waals surface area contributed by atoms with E-state index < -0.39 is 0 Å². The molecule has 3 heteroatoms. The SMILES string of the molecule is CC1CCCC(CN)(N(C)Cc2ccc(Br)cc2)C1C. The molecule has 2 N–H and O–H groups in total. The Labute approximate surface area is 131 Å². The van der Waals surface area contributed by atoms with E-state index in [1.165, 1.54) is 24.8 Å². The van der Waals surface area contributed by atoms with Crippen molar-refractivity contribution in [2.75, 3.05) is 13.6 Å². The number of benzene rings is 1. The van der Waals surface area contributed by atoms with Gasteiger partial charge in [0.2, 0.25) is 0 Å². The third kappa shape index (κ3) is 3.10. The highest BCUT2D eigenvalue weighted by atomic mass is 79.9. The van der Waals surface area contributed by atoms with E-state index >= 15 is 0 Å². The van der Waals surface area contributed by atoms with Gasteiger partial charge in [0.15, 0.2) is 0 Å². The third-order valence-corrected chi connectivity index (χ3v) is 5.95.